The topological polar surface area (TPSA) is 54.2 Å². The van der Waals surface area contributed by atoms with Gasteiger partial charge in [0.25, 0.3) is 0 Å². The number of aliphatic hydroxyl groups is 1. The van der Waals surface area contributed by atoms with Crippen LogP contribution in [0.2, 0.25) is 0 Å². The van der Waals surface area contributed by atoms with Gasteiger partial charge in [-0.05, 0) is 36.3 Å². The minimum atomic E-state index is 0.226. The standard InChI is InChI=1S/C19H28N4O/c1-15(2)12-23-19(20-14-21-23)13-22(10-5-11-24)18-9-8-16-6-3-4-7-17(16)18/h3-4,6-7,14-15,18,24H,5,8-13H2,1-2H3. The summed E-state index contributed by atoms with van der Waals surface area (Å²) in [7, 11) is 0. The molecule has 1 atom stereocenters. The molecule has 3 rings (SSSR count). The van der Waals surface area contributed by atoms with E-state index in [4.69, 9.17) is 0 Å². The molecule has 1 aromatic carbocycles. The smallest absolute Gasteiger partial charge is 0.141 e. The molecule has 5 nitrogen and oxygen atoms in total. The number of benzene rings is 1. The van der Waals surface area contributed by atoms with E-state index in [0.717, 1.165) is 44.7 Å². The molecule has 0 saturated heterocycles. The number of fused-ring (bicyclic) bond motifs is 1. The zero-order valence-electron chi connectivity index (χ0n) is 14.7. The van der Waals surface area contributed by atoms with Crippen LogP contribution in [-0.4, -0.2) is 37.9 Å². The molecule has 0 fully saturated rings. The second-order valence-corrected chi connectivity index (χ2v) is 7.05. The predicted octanol–water partition coefficient (Wildman–Crippen LogP) is 2.81. The van der Waals surface area contributed by atoms with Gasteiger partial charge in [0.1, 0.15) is 12.2 Å². The molecule has 2 aromatic rings. The van der Waals surface area contributed by atoms with Crippen molar-refractivity contribution in [2.75, 3.05) is 13.2 Å². The molecule has 1 aliphatic carbocycles. The van der Waals surface area contributed by atoms with Crippen LogP contribution in [0.1, 0.15) is 49.7 Å². The molecule has 1 aromatic heterocycles. The Hall–Kier alpha value is -1.72. The first-order chi connectivity index (χ1) is 11.7. The van der Waals surface area contributed by atoms with Crippen molar-refractivity contribution in [3.05, 3.63) is 47.5 Å². The van der Waals surface area contributed by atoms with Crippen molar-refractivity contribution < 1.29 is 5.11 Å². The van der Waals surface area contributed by atoms with Gasteiger partial charge in [0, 0.05) is 25.7 Å². The van der Waals surface area contributed by atoms with Gasteiger partial charge in [-0.1, -0.05) is 38.1 Å². The highest BCUT2D eigenvalue weighted by Crippen LogP contribution is 2.36. The minimum absolute atomic E-state index is 0.226. The third kappa shape index (κ3) is 3.84. The van der Waals surface area contributed by atoms with Crippen LogP contribution in [0.15, 0.2) is 30.6 Å². The molecular formula is C19H28N4O. The molecule has 1 heterocycles. The first-order valence-corrected chi connectivity index (χ1v) is 8.98. The van der Waals surface area contributed by atoms with E-state index >= 15 is 0 Å². The second kappa shape index (κ2) is 7.90. The number of aryl methyl sites for hydroxylation is 1. The van der Waals surface area contributed by atoms with E-state index < -0.39 is 0 Å². The van der Waals surface area contributed by atoms with E-state index in [-0.39, 0.29) is 6.61 Å². The predicted molar refractivity (Wildman–Crippen MR) is 94.5 cm³/mol. The van der Waals surface area contributed by atoms with E-state index in [0.29, 0.717) is 12.0 Å². The molecule has 0 spiro atoms. The van der Waals surface area contributed by atoms with Gasteiger partial charge in [0.2, 0.25) is 0 Å². The molecule has 0 bridgehead atoms. The van der Waals surface area contributed by atoms with E-state index in [1.807, 2.05) is 4.68 Å². The Kier molecular flexibility index (Phi) is 5.63. The highest BCUT2D eigenvalue weighted by molar-refractivity contribution is 5.34. The average molecular weight is 328 g/mol. The van der Waals surface area contributed by atoms with Crippen molar-refractivity contribution in [1.82, 2.24) is 19.7 Å². The van der Waals surface area contributed by atoms with Crippen LogP contribution < -0.4 is 0 Å². The van der Waals surface area contributed by atoms with Gasteiger partial charge in [0.05, 0.1) is 6.54 Å². The normalized spacial score (nSPS) is 17.0. The van der Waals surface area contributed by atoms with Crippen LogP contribution in [0.3, 0.4) is 0 Å². The van der Waals surface area contributed by atoms with E-state index in [1.165, 1.54) is 11.1 Å². The molecule has 1 unspecified atom stereocenters. The molecule has 130 valence electrons. The lowest BCUT2D eigenvalue weighted by atomic mass is 10.1. The highest BCUT2D eigenvalue weighted by Gasteiger charge is 2.28. The Morgan fingerprint density at radius 2 is 2.17 bits per heavy atom. The summed E-state index contributed by atoms with van der Waals surface area (Å²) in [5, 5.41) is 13.7. The van der Waals surface area contributed by atoms with Gasteiger partial charge in [-0.15, -0.1) is 0 Å². The molecule has 0 radical (unpaired) electrons. The van der Waals surface area contributed by atoms with Crippen molar-refractivity contribution in [2.45, 2.75) is 52.2 Å². The number of rotatable bonds is 8. The summed E-state index contributed by atoms with van der Waals surface area (Å²) in [5.41, 5.74) is 2.89. The quantitative estimate of drug-likeness (QED) is 0.809. The maximum atomic E-state index is 9.29. The summed E-state index contributed by atoms with van der Waals surface area (Å²) in [6.07, 6.45) is 4.72. The number of aliphatic hydroxyl groups excluding tert-OH is 1. The molecule has 1 N–H and O–H groups in total. The molecule has 5 heteroatoms. The fourth-order valence-corrected chi connectivity index (χ4v) is 3.62. The van der Waals surface area contributed by atoms with Crippen molar-refractivity contribution in [3.63, 3.8) is 0 Å². The molecule has 24 heavy (non-hydrogen) atoms. The van der Waals surface area contributed by atoms with Crippen LogP contribution in [0.5, 0.6) is 0 Å². The molecular weight excluding hydrogens is 300 g/mol. The largest absolute Gasteiger partial charge is 0.396 e. The maximum Gasteiger partial charge on any atom is 0.141 e. The summed E-state index contributed by atoms with van der Waals surface area (Å²) < 4.78 is 2.03. The van der Waals surface area contributed by atoms with Crippen LogP contribution in [0.25, 0.3) is 0 Å². The second-order valence-electron chi connectivity index (χ2n) is 7.05. The van der Waals surface area contributed by atoms with Crippen molar-refractivity contribution in [2.24, 2.45) is 5.92 Å². The molecule has 1 aliphatic rings. The van der Waals surface area contributed by atoms with Crippen LogP contribution >= 0.6 is 0 Å². The number of nitrogens with zero attached hydrogens (tertiary/aromatic N) is 4. The van der Waals surface area contributed by atoms with Crippen LogP contribution in [0, 0.1) is 5.92 Å². The third-order valence-electron chi connectivity index (χ3n) is 4.72. The summed E-state index contributed by atoms with van der Waals surface area (Å²) in [4.78, 5) is 6.95. The van der Waals surface area contributed by atoms with Gasteiger partial charge in [-0.25, -0.2) is 9.67 Å². The zero-order chi connectivity index (χ0) is 16.9. The number of aromatic nitrogens is 3. The lowest BCUT2D eigenvalue weighted by molar-refractivity contribution is 0.159. The minimum Gasteiger partial charge on any atom is -0.396 e. The molecule has 0 saturated carbocycles. The Labute approximate surface area is 144 Å². The third-order valence-corrected chi connectivity index (χ3v) is 4.72. The fraction of sp³-hybridized carbons (Fsp3) is 0.579. The summed E-state index contributed by atoms with van der Waals surface area (Å²) in [6, 6.07) is 9.15. The average Bonchev–Trinajstić information content (AvgIpc) is 3.18. The van der Waals surface area contributed by atoms with Crippen molar-refractivity contribution in [1.29, 1.82) is 0 Å². The van der Waals surface area contributed by atoms with Crippen molar-refractivity contribution >= 4 is 0 Å². The summed E-state index contributed by atoms with van der Waals surface area (Å²) in [6.45, 7) is 7.17. The molecule has 0 amide bonds. The summed E-state index contributed by atoms with van der Waals surface area (Å²) >= 11 is 0. The number of hydrogen-bond donors (Lipinski definition) is 1. The van der Waals surface area contributed by atoms with Gasteiger partial charge < -0.3 is 5.11 Å². The van der Waals surface area contributed by atoms with E-state index in [9.17, 15) is 5.11 Å². The lowest BCUT2D eigenvalue weighted by Crippen LogP contribution is -2.30. The summed E-state index contributed by atoms with van der Waals surface area (Å²) in [5.74, 6) is 1.56. The van der Waals surface area contributed by atoms with Crippen LogP contribution in [0.4, 0.5) is 0 Å². The van der Waals surface area contributed by atoms with Gasteiger partial charge in [-0.3, -0.25) is 4.90 Å². The van der Waals surface area contributed by atoms with E-state index in [1.54, 1.807) is 6.33 Å². The highest BCUT2D eigenvalue weighted by atomic mass is 16.3. The number of hydrogen-bond acceptors (Lipinski definition) is 4. The Balaban J connectivity index is 1.79. The Bertz CT molecular complexity index is 652. The van der Waals surface area contributed by atoms with Gasteiger partial charge in [-0.2, -0.15) is 5.10 Å². The first-order valence-electron chi connectivity index (χ1n) is 8.98. The van der Waals surface area contributed by atoms with Crippen LogP contribution in [-0.2, 0) is 19.5 Å². The van der Waals surface area contributed by atoms with Crippen molar-refractivity contribution in [3.8, 4) is 0 Å². The zero-order valence-corrected chi connectivity index (χ0v) is 14.7. The Morgan fingerprint density at radius 3 is 2.96 bits per heavy atom. The van der Waals surface area contributed by atoms with Gasteiger partial charge >= 0.3 is 0 Å². The first kappa shape index (κ1) is 17.1. The lowest BCUT2D eigenvalue weighted by Gasteiger charge is -2.29. The van der Waals surface area contributed by atoms with E-state index in [2.05, 4.69) is 53.1 Å². The maximum absolute atomic E-state index is 9.29. The SMILES string of the molecule is CC(C)Cn1ncnc1CN(CCCO)C1CCc2ccccc21. The monoisotopic (exact) mass is 328 g/mol. The molecule has 0 aliphatic heterocycles. The fourth-order valence-electron chi connectivity index (χ4n) is 3.62. The Morgan fingerprint density at radius 1 is 1.33 bits per heavy atom. The van der Waals surface area contributed by atoms with Gasteiger partial charge in [0.15, 0.2) is 0 Å².